The van der Waals surface area contributed by atoms with E-state index in [4.69, 9.17) is 0 Å². The second-order valence-electron chi connectivity index (χ2n) is 5.77. The Hall–Kier alpha value is -3.39. The third-order valence-electron chi connectivity index (χ3n) is 4.04. The lowest BCUT2D eigenvalue weighted by molar-refractivity contribution is 0.628. The number of hydrogen-bond donors (Lipinski definition) is 1. The Bertz CT molecular complexity index is 1020. The van der Waals surface area contributed by atoms with Crippen molar-refractivity contribution in [3.8, 4) is 17.2 Å². The van der Waals surface area contributed by atoms with Gasteiger partial charge < -0.3 is 9.88 Å². The lowest BCUT2D eigenvalue weighted by Crippen LogP contribution is -2.13. The molecule has 0 amide bonds. The fraction of sp³-hybridized carbons (Fsp3) is 0.100. The summed E-state index contributed by atoms with van der Waals surface area (Å²) in [5.74, 6) is -0.293. The lowest BCUT2D eigenvalue weighted by Gasteiger charge is -2.20. The van der Waals surface area contributed by atoms with Crippen molar-refractivity contribution in [2.75, 3.05) is 11.9 Å². The van der Waals surface area contributed by atoms with Gasteiger partial charge in [-0.25, -0.2) is 4.39 Å². The molecule has 25 heavy (non-hydrogen) atoms. The molecule has 1 aromatic heterocycles. The quantitative estimate of drug-likeness (QED) is 0.784. The molecule has 0 spiro atoms. The van der Waals surface area contributed by atoms with E-state index in [9.17, 15) is 14.4 Å². The highest BCUT2D eigenvalue weighted by atomic mass is 19.1. The van der Waals surface area contributed by atoms with Gasteiger partial charge in [0.25, 0.3) is 5.56 Å². The Labute approximate surface area is 144 Å². The first-order valence-corrected chi connectivity index (χ1v) is 7.73. The highest BCUT2D eigenvalue weighted by Gasteiger charge is 2.11. The highest BCUT2D eigenvalue weighted by molar-refractivity contribution is 5.73. The molecule has 2 aromatic carbocycles. The first-order chi connectivity index (χ1) is 12.0. The Balaban J connectivity index is 1.99. The zero-order chi connectivity index (χ0) is 18.0. The van der Waals surface area contributed by atoms with Crippen molar-refractivity contribution >= 4 is 11.4 Å². The normalized spacial score (nSPS) is 10.3. The van der Waals surface area contributed by atoms with E-state index >= 15 is 0 Å². The van der Waals surface area contributed by atoms with Crippen molar-refractivity contribution in [2.24, 2.45) is 0 Å². The van der Waals surface area contributed by atoms with Crippen LogP contribution >= 0.6 is 0 Å². The Morgan fingerprint density at radius 1 is 1.08 bits per heavy atom. The lowest BCUT2D eigenvalue weighted by atomic mass is 10.0. The number of pyridine rings is 1. The Morgan fingerprint density at radius 2 is 1.80 bits per heavy atom. The van der Waals surface area contributed by atoms with Gasteiger partial charge in [-0.05, 0) is 48.9 Å². The third-order valence-corrected chi connectivity index (χ3v) is 4.04. The maximum atomic E-state index is 13.4. The number of aromatic nitrogens is 1. The monoisotopic (exact) mass is 333 g/mol. The Kier molecular flexibility index (Phi) is 4.36. The van der Waals surface area contributed by atoms with Crippen LogP contribution in [0.5, 0.6) is 0 Å². The van der Waals surface area contributed by atoms with Crippen LogP contribution in [0.25, 0.3) is 11.1 Å². The first kappa shape index (κ1) is 16.5. The van der Waals surface area contributed by atoms with E-state index in [1.54, 1.807) is 19.1 Å². The van der Waals surface area contributed by atoms with Crippen LogP contribution in [-0.2, 0) is 0 Å². The molecule has 5 heteroatoms. The predicted octanol–water partition coefficient (Wildman–Crippen LogP) is 4.13. The topological polar surface area (TPSA) is 59.9 Å². The number of rotatable bonds is 3. The van der Waals surface area contributed by atoms with Crippen LogP contribution in [0.4, 0.5) is 15.8 Å². The number of hydrogen-bond acceptors (Lipinski definition) is 3. The van der Waals surface area contributed by atoms with Gasteiger partial charge in [0.1, 0.15) is 17.4 Å². The van der Waals surface area contributed by atoms with Gasteiger partial charge in [0.05, 0.1) is 0 Å². The second kappa shape index (κ2) is 6.62. The van der Waals surface area contributed by atoms with Crippen LogP contribution < -0.4 is 10.5 Å². The van der Waals surface area contributed by atoms with E-state index in [2.05, 4.69) is 4.98 Å². The van der Waals surface area contributed by atoms with Gasteiger partial charge in [0, 0.05) is 29.7 Å². The van der Waals surface area contributed by atoms with E-state index in [0.717, 1.165) is 16.9 Å². The minimum absolute atomic E-state index is 0.0943. The van der Waals surface area contributed by atoms with Gasteiger partial charge in [0.2, 0.25) is 0 Å². The van der Waals surface area contributed by atoms with Crippen molar-refractivity contribution in [1.82, 2.24) is 4.98 Å². The van der Waals surface area contributed by atoms with E-state index in [-0.39, 0.29) is 11.4 Å². The molecule has 0 fully saturated rings. The van der Waals surface area contributed by atoms with E-state index in [1.807, 2.05) is 48.3 Å². The molecule has 0 radical (unpaired) electrons. The van der Waals surface area contributed by atoms with Gasteiger partial charge in [-0.2, -0.15) is 5.26 Å². The molecule has 0 saturated heterocycles. The van der Waals surface area contributed by atoms with Gasteiger partial charge in [-0.1, -0.05) is 18.2 Å². The average molecular weight is 333 g/mol. The molecule has 3 aromatic rings. The van der Waals surface area contributed by atoms with Crippen LogP contribution in [0, 0.1) is 24.1 Å². The number of benzene rings is 2. The summed E-state index contributed by atoms with van der Waals surface area (Å²) in [5.41, 5.74) is 3.38. The Morgan fingerprint density at radius 3 is 2.44 bits per heavy atom. The molecule has 0 aliphatic carbocycles. The molecule has 3 rings (SSSR count). The van der Waals surface area contributed by atoms with E-state index in [0.29, 0.717) is 11.3 Å². The SMILES string of the molecule is Cc1cc(-c2ccc(N(C)c3cccc(F)c3)cc2)c(C#N)c(=O)[nH]1. The van der Waals surface area contributed by atoms with Gasteiger partial charge in [0.15, 0.2) is 0 Å². The number of H-pyrrole nitrogens is 1. The summed E-state index contributed by atoms with van der Waals surface area (Å²) < 4.78 is 13.4. The van der Waals surface area contributed by atoms with Crippen molar-refractivity contribution in [2.45, 2.75) is 6.92 Å². The molecule has 0 unspecified atom stereocenters. The largest absolute Gasteiger partial charge is 0.345 e. The molecular weight excluding hydrogens is 317 g/mol. The summed E-state index contributed by atoms with van der Waals surface area (Å²) in [6, 6.07) is 17.5. The number of anilines is 2. The van der Waals surface area contributed by atoms with Crippen LogP contribution in [0.15, 0.2) is 59.4 Å². The average Bonchev–Trinajstić information content (AvgIpc) is 2.60. The smallest absolute Gasteiger partial charge is 0.266 e. The summed E-state index contributed by atoms with van der Waals surface area (Å²) in [6.07, 6.45) is 0. The molecule has 124 valence electrons. The maximum absolute atomic E-state index is 13.4. The predicted molar refractivity (Wildman–Crippen MR) is 96.4 cm³/mol. The summed E-state index contributed by atoms with van der Waals surface area (Å²) in [7, 11) is 1.85. The summed E-state index contributed by atoms with van der Waals surface area (Å²) in [6.45, 7) is 1.78. The van der Waals surface area contributed by atoms with Crippen LogP contribution in [-0.4, -0.2) is 12.0 Å². The van der Waals surface area contributed by atoms with E-state index in [1.165, 1.54) is 12.1 Å². The number of halogens is 1. The number of nitrogens with zero attached hydrogens (tertiary/aromatic N) is 2. The fourth-order valence-corrected chi connectivity index (χ4v) is 2.73. The number of aromatic amines is 1. The molecule has 0 atom stereocenters. The summed E-state index contributed by atoms with van der Waals surface area (Å²) in [4.78, 5) is 16.4. The third kappa shape index (κ3) is 3.29. The second-order valence-corrected chi connectivity index (χ2v) is 5.77. The molecule has 0 saturated carbocycles. The maximum Gasteiger partial charge on any atom is 0.266 e. The standard InChI is InChI=1S/C20H16FN3O/c1-13-10-18(19(12-22)20(25)23-13)14-6-8-16(9-7-14)24(2)17-5-3-4-15(21)11-17/h3-11H,1-2H3,(H,23,25). The van der Waals surface area contributed by atoms with Gasteiger partial charge in [-0.3, -0.25) is 4.79 Å². The zero-order valence-electron chi connectivity index (χ0n) is 13.9. The minimum atomic E-state index is -0.390. The molecule has 0 aliphatic heterocycles. The molecule has 4 nitrogen and oxygen atoms in total. The number of aryl methyl sites for hydroxylation is 1. The minimum Gasteiger partial charge on any atom is -0.345 e. The van der Waals surface area contributed by atoms with Crippen molar-refractivity contribution < 1.29 is 4.39 Å². The van der Waals surface area contributed by atoms with Crippen LogP contribution in [0.1, 0.15) is 11.3 Å². The highest BCUT2D eigenvalue weighted by Crippen LogP contribution is 2.28. The molecule has 0 aliphatic rings. The molecular formula is C20H16FN3O. The van der Waals surface area contributed by atoms with Crippen LogP contribution in [0.2, 0.25) is 0 Å². The van der Waals surface area contributed by atoms with E-state index < -0.39 is 5.56 Å². The fourth-order valence-electron chi connectivity index (χ4n) is 2.73. The molecule has 1 heterocycles. The number of nitrogens with one attached hydrogen (secondary N) is 1. The van der Waals surface area contributed by atoms with Gasteiger partial charge in [-0.15, -0.1) is 0 Å². The van der Waals surface area contributed by atoms with Crippen molar-refractivity contribution in [3.05, 3.63) is 82.0 Å². The van der Waals surface area contributed by atoms with Gasteiger partial charge >= 0.3 is 0 Å². The molecule has 0 bridgehead atoms. The first-order valence-electron chi connectivity index (χ1n) is 7.73. The summed E-state index contributed by atoms with van der Waals surface area (Å²) in [5, 5.41) is 9.26. The number of nitriles is 1. The van der Waals surface area contributed by atoms with Crippen molar-refractivity contribution in [1.29, 1.82) is 5.26 Å². The van der Waals surface area contributed by atoms with Crippen molar-refractivity contribution in [3.63, 3.8) is 0 Å². The zero-order valence-corrected chi connectivity index (χ0v) is 13.9. The van der Waals surface area contributed by atoms with Crippen LogP contribution in [0.3, 0.4) is 0 Å². The molecule has 1 N–H and O–H groups in total. The summed E-state index contributed by atoms with van der Waals surface area (Å²) >= 11 is 0.